The molecule has 3 nitrogen and oxygen atoms in total. The van der Waals surface area contributed by atoms with Crippen molar-refractivity contribution >= 4 is 10.9 Å². The van der Waals surface area contributed by atoms with Crippen LogP contribution in [0.2, 0.25) is 0 Å². The van der Waals surface area contributed by atoms with Crippen molar-refractivity contribution in [1.29, 1.82) is 0 Å². The third-order valence-electron chi connectivity index (χ3n) is 1.74. The first-order valence-electron chi connectivity index (χ1n) is 3.72. The molecule has 3 heteroatoms. The second-order valence-electron chi connectivity index (χ2n) is 2.55. The number of ether oxygens (including phenoxy) is 1. The molecule has 0 unspecified atom stereocenters. The topological polar surface area (TPSA) is 27.1 Å². The molecule has 0 aliphatic heterocycles. The van der Waals surface area contributed by atoms with Gasteiger partial charge in [0.15, 0.2) is 0 Å². The standard InChI is InChI=1S/C9H9N2O/c1-12-7-11-9-5-3-2-4-8(9)6-10-11/h3-6H,7H2,1H3. The maximum Gasteiger partial charge on any atom is 0.139 e. The molecule has 61 valence electrons. The molecule has 1 radical (unpaired) electrons. The Hall–Kier alpha value is -1.35. The molecule has 12 heavy (non-hydrogen) atoms. The van der Waals surface area contributed by atoms with Gasteiger partial charge in [0, 0.05) is 12.5 Å². The van der Waals surface area contributed by atoms with E-state index in [0.717, 1.165) is 10.9 Å². The Morgan fingerprint density at radius 3 is 3.42 bits per heavy atom. The lowest BCUT2D eigenvalue weighted by atomic mass is 10.3. The van der Waals surface area contributed by atoms with Crippen molar-refractivity contribution < 1.29 is 4.74 Å². The molecule has 0 fully saturated rings. The summed E-state index contributed by atoms with van der Waals surface area (Å²) in [5.41, 5.74) is 1.08. The molecular weight excluding hydrogens is 152 g/mol. The lowest BCUT2D eigenvalue weighted by Crippen LogP contribution is -2.00. The smallest absolute Gasteiger partial charge is 0.139 e. The first-order chi connectivity index (χ1) is 5.92. The third-order valence-corrected chi connectivity index (χ3v) is 1.74. The normalized spacial score (nSPS) is 10.8. The van der Waals surface area contributed by atoms with E-state index < -0.39 is 0 Å². The Labute approximate surface area is 70.6 Å². The monoisotopic (exact) mass is 161 g/mol. The van der Waals surface area contributed by atoms with Gasteiger partial charge >= 0.3 is 0 Å². The van der Waals surface area contributed by atoms with Crippen molar-refractivity contribution in [3.63, 3.8) is 0 Å². The zero-order valence-corrected chi connectivity index (χ0v) is 6.82. The van der Waals surface area contributed by atoms with Gasteiger partial charge in [-0.15, -0.1) is 0 Å². The average molecular weight is 161 g/mol. The van der Waals surface area contributed by atoms with Gasteiger partial charge in [0.25, 0.3) is 0 Å². The van der Waals surface area contributed by atoms with Crippen LogP contribution in [0.1, 0.15) is 0 Å². The van der Waals surface area contributed by atoms with Crippen molar-refractivity contribution in [1.82, 2.24) is 9.78 Å². The molecule has 0 bridgehead atoms. The molecule has 0 saturated heterocycles. The van der Waals surface area contributed by atoms with Gasteiger partial charge < -0.3 is 4.74 Å². The molecule has 2 aromatic rings. The van der Waals surface area contributed by atoms with Gasteiger partial charge in [0.2, 0.25) is 0 Å². The molecule has 0 aliphatic rings. The number of aromatic nitrogens is 2. The predicted molar refractivity (Wildman–Crippen MR) is 45.6 cm³/mol. The Kier molecular flexibility index (Phi) is 1.80. The number of nitrogens with zero attached hydrogens (tertiary/aromatic N) is 2. The summed E-state index contributed by atoms with van der Waals surface area (Å²) in [6.45, 7) is 0.494. The van der Waals surface area contributed by atoms with Gasteiger partial charge in [-0.3, -0.25) is 0 Å². The molecular formula is C9H9N2O. The summed E-state index contributed by atoms with van der Waals surface area (Å²) in [5.74, 6) is 0. The van der Waals surface area contributed by atoms with Gasteiger partial charge in [-0.25, -0.2) is 4.68 Å². The van der Waals surface area contributed by atoms with Crippen LogP contribution in [0, 0.1) is 6.07 Å². The van der Waals surface area contributed by atoms with Crippen LogP contribution in [0.5, 0.6) is 0 Å². The Morgan fingerprint density at radius 1 is 1.67 bits per heavy atom. The van der Waals surface area contributed by atoms with Gasteiger partial charge in [-0.05, 0) is 18.2 Å². The van der Waals surface area contributed by atoms with E-state index in [4.69, 9.17) is 4.74 Å². The van der Waals surface area contributed by atoms with Crippen molar-refractivity contribution in [2.24, 2.45) is 0 Å². The van der Waals surface area contributed by atoms with Crippen LogP contribution < -0.4 is 0 Å². The van der Waals surface area contributed by atoms with E-state index in [-0.39, 0.29) is 0 Å². The minimum atomic E-state index is 0.494. The van der Waals surface area contributed by atoms with Crippen LogP contribution in [-0.2, 0) is 11.5 Å². The zero-order valence-electron chi connectivity index (χ0n) is 6.82. The molecule has 0 saturated carbocycles. The van der Waals surface area contributed by atoms with Gasteiger partial charge in [0.1, 0.15) is 6.73 Å². The third kappa shape index (κ3) is 1.08. The van der Waals surface area contributed by atoms with E-state index in [9.17, 15) is 0 Å². The Bertz CT molecular complexity index is 381. The fraction of sp³-hybridized carbons (Fsp3) is 0.222. The summed E-state index contributed by atoms with van der Waals surface area (Å²) in [4.78, 5) is 0. The number of hydrogen-bond acceptors (Lipinski definition) is 2. The summed E-state index contributed by atoms with van der Waals surface area (Å²) >= 11 is 0. The summed E-state index contributed by atoms with van der Waals surface area (Å²) in [6.07, 6.45) is 1.81. The molecule has 1 heterocycles. The van der Waals surface area contributed by atoms with Crippen molar-refractivity contribution in [3.05, 3.63) is 30.5 Å². The first kappa shape index (κ1) is 7.31. The Morgan fingerprint density at radius 2 is 2.58 bits per heavy atom. The number of methoxy groups -OCH3 is 1. The fourth-order valence-electron chi connectivity index (χ4n) is 1.19. The molecule has 0 amide bonds. The highest BCUT2D eigenvalue weighted by Crippen LogP contribution is 2.11. The molecule has 1 aromatic heterocycles. The van der Waals surface area contributed by atoms with Gasteiger partial charge in [-0.2, -0.15) is 5.10 Å². The van der Waals surface area contributed by atoms with Crippen LogP contribution in [0.25, 0.3) is 10.9 Å². The highest BCUT2D eigenvalue weighted by atomic mass is 16.5. The minimum absolute atomic E-state index is 0.494. The van der Waals surface area contributed by atoms with E-state index >= 15 is 0 Å². The number of rotatable bonds is 2. The van der Waals surface area contributed by atoms with Gasteiger partial charge in [0.05, 0.1) is 11.7 Å². The number of hydrogen-bond donors (Lipinski definition) is 0. The predicted octanol–water partition coefficient (Wildman–Crippen LogP) is 1.44. The van der Waals surface area contributed by atoms with E-state index in [1.807, 2.05) is 29.1 Å². The summed E-state index contributed by atoms with van der Waals surface area (Å²) < 4.78 is 6.79. The quantitative estimate of drug-likeness (QED) is 0.666. The van der Waals surface area contributed by atoms with Crippen LogP contribution in [-0.4, -0.2) is 16.9 Å². The SMILES string of the molecule is COCn1ncc2c[c]ccc21. The largest absolute Gasteiger partial charge is 0.362 e. The van der Waals surface area contributed by atoms with Crippen molar-refractivity contribution in [2.75, 3.05) is 7.11 Å². The molecule has 0 spiro atoms. The fourth-order valence-corrected chi connectivity index (χ4v) is 1.19. The Balaban J connectivity index is 2.55. The first-order valence-corrected chi connectivity index (χ1v) is 3.72. The second kappa shape index (κ2) is 2.95. The van der Waals surface area contributed by atoms with Crippen LogP contribution in [0.4, 0.5) is 0 Å². The second-order valence-corrected chi connectivity index (χ2v) is 2.55. The highest BCUT2D eigenvalue weighted by Gasteiger charge is 1.98. The lowest BCUT2D eigenvalue weighted by molar-refractivity contribution is 0.124. The summed E-state index contributed by atoms with van der Waals surface area (Å²) in [6, 6.07) is 8.75. The summed E-state index contributed by atoms with van der Waals surface area (Å²) in [5, 5.41) is 5.25. The van der Waals surface area contributed by atoms with Gasteiger partial charge in [-0.1, -0.05) is 6.07 Å². The number of benzene rings is 1. The highest BCUT2D eigenvalue weighted by molar-refractivity contribution is 5.77. The van der Waals surface area contributed by atoms with E-state index in [1.165, 1.54) is 0 Å². The molecule has 0 N–H and O–H groups in total. The maximum absolute atomic E-state index is 4.98. The zero-order chi connectivity index (χ0) is 8.39. The van der Waals surface area contributed by atoms with Crippen LogP contribution in [0.3, 0.4) is 0 Å². The van der Waals surface area contributed by atoms with Crippen molar-refractivity contribution in [3.8, 4) is 0 Å². The minimum Gasteiger partial charge on any atom is -0.362 e. The van der Waals surface area contributed by atoms with Crippen molar-refractivity contribution in [2.45, 2.75) is 6.73 Å². The molecule has 1 aromatic carbocycles. The molecule has 0 aliphatic carbocycles. The molecule has 2 rings (SSSR count). The van der Waals surface area contributed by atoms with E-state index in [1.54, 1.807) is 7.11 Å². The average Bonchev–Trinajstić information content (AvgIpc) is 2.50. The van der Waals surface area contributed by atoms with E-state index in [2.05, 4.69) is 11.2 Å². The summed E-state index contributed by atoms with van der Waals surface area (Å²) in [7, 11) is 1.66. The van der Waals surface area contributed by atoms with Crippen LogP contribution in [0.15, 0.2) is 24.4 Å². The van der Waals surface area contributed by atoms with Crippen LogP contribution >= 0.6 is 0 Å². The van der Waals surface area contributed by atoms with E-state index in [0.29, 0.717) is 6.73 Å². The maximum atomic E-state index is 4.98. The molecule has 0 atom stereocenters. The lowest BCUT2D eigenvalue weighted by Gasteiger charge is -1.99. The number of fused-ring (bicyclic) bond motifs is 1.